The Balaban J connectivity index is 2.40. The summed E-state index contributed by atoms with van der Waals surface area (Å²) < 4.78 is 83.8. The van der Waals surface area contributed by atoms with Crippen LogP contribution < -0.4 is 4.90 Å². The van der Waals surface area contributed by atoms with Gasteiger partial charge in [0.15, 0.2) is 0 Å². The minimum Gasteiger partial charge on any atom is -0.324 e. The van der Waals surface area contributed by atoms with Crippen LogP contribution in [0.4, 0.5) is 32.0 Å². The van der Waals surface area contributed by atoms with Crippen molar-refractivity contribution in [2.45, 2.75) is 38.7 Å². The molecule has 0 N–H and O–H groups in total. The van der Waals surface area contributed by atoms with Gasteiger partial charge >= 0.3 is 12.4 Å². The van der Waals surface area contributed by atoms with E-state index in [1.165, 1.54) is 35.2 Å². The maximum Gasteiger partial charge on any atom is 0.424 e. The SMILES string of the molecule is Cc1cc(C)c(N2CC(C#N)C(C(F)(F)F)(C(F)(F)F)N=C2c2ccccc2)c(C)c1. The summed E-state index contributed by atoms with van der Waals surface area (Å²) in [6.45, 7) is 4.46. The summed E-state index contributed by atoms with van der Waals surface area (Å²) in [4.78, 5) is 4.61. The zero-order valence-corrected chi connectivity index (χ0v) is 16.9. The number of hydrogen-bond acceptors (Lipinski definition) is 3. The number of anilines is 1. The third-order valence-electron chi connectivity index (χ3n) is 5.36. The molecule has 0 spiro atoms. The van der Waals surface area contributed by atoms with Crippen LogP contribution in [0.3, 0.4) is 0 Å². The van der Waals surface area contributed by atoms with Crippen LogP contribution in [0.1, 0.15) is 22.3 Å². The highest BCUT2D eigenvalue weighted by atomic mass is 19.4. The average molecular weight is 439 g/mol. The number of amidine groups is 1. The molecule has 2 aromatic carbocycles. The molecule has 0 saturated carbocycles. The number of nitrogens with zero attached hydrogens (tertiary/aromatic N) is 3. The molecule has 0 fully saturated rings. The van der Waals surface area contributed by atoms with E-state index in [1.807, 2.05) is 6.92 Å². The summed E-state index contributed by atoms with van der Waals surface area (Å²) in [5, 5.41) is 9.41. The number of alkyl halides is 6. The van der Waals surface area contributed by atoms with E-state index in [4.69, 9.17) is 0 Å². The van der Waals surface area contributed by atoms with E-state index in [9.17, 15) is 31.6 Å². The normalized spacial score (nSPS) is 19.0. The Morgan fingerprint density at radius 3 is 1.94 bits per heavy atom. The predicted molar refractivity (Wildman–Crippen MR) is 105 cm³/mol. The zero-order chi connectivity index (χ0) is 23.2. The lowest BCUT2D eigenvalue weighted by Crippen LogP contribution is -2.66. The van der Waals surface area contributed by atoms with Crippen LogP contribution >= 0.6 is 0 Å². The van der Waals surface area contributed by atoms with E-state index in [0.29, 0.717) is 16.8 Å². The molecular weight excluding hydrogens is 420 g/mol. The Morgan fingerprint density at radius 1 is 0.968 bits per heavy atom. The number of aryl methyl sites for hydroxylation is 3. The predicted octanol–water partition coefficient (Wildman–Crippen LogP) is 5.88. The summed E-state index contributed by atoms with van der Waals surface area (Å²) in [6.07, 6.45) is -11.6. The molecule has 1 unspecified atom stereocenters. The van der Waals surface area contributed by atoms with Gasteiger partial charge in [0.1, 0.15) is 11.8 Å². The van der Waals surface area contributed by atoms with Crippen molar-refractivity contribution in [3.05, 3.63) is 64.7 Å². The standard InChI is InChI=1S/C22H19F6N3/c1-13-9-14(2)18(15(3)10-13)31-12-17(11-29)20(21(23,24)25,22(26,27)28)30-19(31)16-7-5-4-6-8-16/h4-10,17H,12H2,1-3H3. The van der Waals surface area contributed by atoms with E-state index in [2.05, 4.69) is 4.99 Å². The van der Waals surface area contributed by atoms with E-state index < -0.39 is 36.2 Å². The highest BCUT2D eigenvalue weighted by Crippen LogP contribution is 2.53. The molecule has 1 heterocycles. The van der Waals surface area contributed by atoms with Crippen LogP contribution in [-0.2, 0) is 0 Å². The van der Waals surface area contributed by atoms with Crippen molar-refractivity contribution in [1.82, 2.24) is 0 Å². The first-order valence-corrected chi connectivity index (χ1v) is 9.37. The number of aliphatic imine (C=N–C) groups is 1. The molecule has 0 saturated heterocycles. The van der Waals surface area contributed by atoms with Crippen LogP contribution in [-0.4, -0.2) is 30.3 Å². The van der Waals surface area contributed by atoms with Crippen LogP contribution in [0.15, 0.2) is 47.5 Å². The zero-order valence-electron chi connectivity index (χ0n) is 16.9. The van der Waals surface area contributed by atoms with Crippen molar-refractivity contribution in [2.24, 2.45) is 10.9 Å². The van der Waals surface area contributed by atoms with Gasteiger partial charge in [-0.15, -0.1) is 0 Å². The van der Waals surface area contributed by atoms with Crippen LogP contribution in [0, 0.1) is 38.0 Å². The second-order valence-electron chi connectivity index (χ2n) is 7.60. The molecule has 1 aliphatic rings. The van der Waals surface area contributed by atoms with Crippen molar-refractivity contribution in [3.63, 3.8) is 0 Å². The van der Waals surface area contributed by atoms with Gasteiger partial charge in [0.2, 0.25) is 0 Å². The molecule has 0 radical (unpaired) electrons. The van der Waals surface area contributed by atoms with Gasteiger partial charge in [0, 0.05) is 17.8 Å². The Bertz CT molecular complexity index is 1010. The molecule has 9 heteroatoms. The molecule has 164 valence electrons. The second-order valence-corrected chi connectivity index (χ2v) is 7.60. The minimum absolute atomic E-state index is 0.0936. The van der Waals surface area contributed by atoms with Gasteiger partial charge in [-0.25, -0.2) is 4.99 Å². The quantitative estimate of drug-likeness (QED) is 0.548. The van der Waals surface area contributed by atoms with Crippen molar-refractivity contribution < 1.29 is 26.3 Å². The fourth-order valence-corrected chi connectivity index (χ4v) is 4.13. The topological polar surface area (TPSA) is 39.4 Å². The number of rotatable bonds is 2. The molecule has 3 rings (SSSR count). The molecule has 0 amide bonds. The van der Waals surface area contributed by atoms with E-state index in [0.717, 1.165) is 5.56 Å². The molecule has 1 aliphatic heterocycles. The van der Waals surface area contributed by atoms with Gasteiger partial charge in [-0.1, -0.05) is 48.0 Å². The lowest BCUT2D eigenvalue weighted by Gasteiger charge is -2.45. The fraction of sp³-hybridized carbons (Fsp3) is 0.364. The summed E-state index contributed by atoms with van der Waals surface area (Å²) >= 11 is 0. The fourth-order valence-electron chi connectivity index (χ4n) is 4.13. The van der Waals surface area contributed by atoms with Gasteiger partial charge in [-0.2, -0.15) is 31.6 Å². The first-order valence-electron chi connectivity index (χ1n) is 9.37. The van der Waals surface area contributed by atoms with E-state index >= 15 is 0 Å². The van der Waals surface area contributed by atoms with E-state index in [-0.39, 0.29) is 5.56 Å². The third kappa shape index (κ3) is 3.64. The van der Waals surface area contributed by atoms with Crippen LogP contribution in [0.2, 0.25) is 0 Å². The summed E-state index contributed by atoms with van der Waals surface area (Å²) in [7, 11) is 0. The Labute approximate surface area is 175 Å². The van der Waals surface area contributed by atoms with E-state index in [1.54, 1.807) is 32.0 Å². The highest BCUT2D eigenvalue weighted by Gasteiger charge is 2.76. The van der Waals surface area contributed by atoms with Crippen molar-refractivity contribution >= 4 is 11.5 Å². The monoisotopic (exact) mass is 439 g/mol. The smallest absolute Gasteiger partial charge is 0.324 e. The molecule has 0 aromatic heterocycles. The minimum atomic E-state index is -5.81. The van der Waals surface area contributed by atoms with Gasteiger partial charge in [0.25, 0.3) is 5.54 Å². The van der Waals surface area contributed by atoms with Gasteiger partial charge in [-0.3, -0.25) is 0 Å². The van der Waals surface area contributed by atoms with Gasteiger partial charge in [0.05, 0.1) is 6.07 Å². The lowest BCUT2D eigenvalue weighted by molar-refractivity contribution is -0.305. The Kier molecular flexibility index (Phi) is 5.55. The summed E-state index contributed by atoms with van der Waals surface area (Å²) in [5.74, 6) is -2.96. The Hall–Kier alpha value is -3.02. The molecule has 2 aromatic rings. The summed E-state index contributed by atoms with van der Waals surface area (Å²) in [5.41, 5.74) is -1.79. The molecule has 0 aliphatic carbocycles. The second kappa shape index (κ2) is 7.59. The van der Waals surface area contributed by atoms with Gasteiger partial charge < -0.3 is 4.90 Å². The first-order chi connectivity index (χ1) is 14.3. The number of nitriles is 1. The molecular formula is C22H19F6N3. The van der Waals surface area contributed by atoms with Crippen LogP contribution in [0.25, 0.3) is 0 Å². The average Bonchev–Trinajstić information content (AvgIpc) is 2.65. The number of benzene rings is 2. The molecule has 0 bridgehead atoms. The molecule has 1 atom stereocenters. The Morgan fingerprint density at radius 2 is 1.48 bits per heavy atom. The van der Waals surface area contributed by atoms with Crippen molar-refractivity contribution in [2.75, 3.05) is 11.4 Å². The number of halogens is 6. The molecule has 31 heavy (non-hydrogen) atoms. The maximum atomic E-state index is 14.0. The highest BCUT2D eigenvalue weighted by molar-refractivity contribution is 6.11. The number of hydrogen-bond donors (Lipinski definition) is 0. The molecule has 3 nitrogen and oxygen atoms in total. The first kappa shape index (κ1) is 22.7. The largest absolute Gasteiger partial charge is 0.424 e. The van der Waals surface area contributed by atoms with Gasteiger partial charge in [-0.05, 0) is 31.9 Å². The van der Waals surface area contributed by atoms with Crippen molar-refractivity contribution in [1.29, 1.82) is 5.26 Å². The maximum absolute atomic E-state index is 14.0. The van der Waals surface area contributed by atoms with Crippen LogP contribution in [0.5, 0.6) is 0 Å². The lowest BCUT2D eigenvalue weighted by atomic mass is 9.80. The van der Waals surface area contributed by atoms with Crippen molar-refractivity contribution in [3.8, 4) is 6.07 Å². The third-order valence-corrected chi connectivity index (χ3v) is 5.36. The summed E-state index contributed by atoms with van der Waals surface area (Å²) in [6, 6.07) is 12.2.